The number of nitrogens with one attached hydrogen (secondary N) is 1. The van der Waals surface area contributed by atoms with Crippen LogP contribution in [-0.4, -0.2) is 28.5 Å². The molecule has 7 nitrogen and oxygen atoms in total. The Morgan fingerprint density at radius 2 is 2.00 bits per heavy atom. The Morgan fingerprint density at radius 3 is 2.71 bits per heavy atom. The van der Waals surface area contributed by atoms with E-state index in [1.807, 2.05) is 69.5 Å². The maximum atomic E-state index is 12.0. The quantitative estimate of drug-likeness (QED) is 0.524. The van der Waals surface area contributed by atoms with Gasteiger partial charge in [-0.05, 0) is 57.9 Å². The molecule has 0 unspecified atom stereocenters. The van der Waals surface area contributed by atoms with Gasteiger partial charge in [-0.1, -0.05) is 17.3 Å². The van der Waals surface area contributed by atoms with Crippen LogP contribution in [0.3, 0.4) is 0 Å². The summed E-state index contributed by atoms with van der Waals surface area (Å²) in [6.45, 7) is 9.61. The monoisotopic (exact) mass is 380 g/mol. The number of carbonyl (C=O) groups is 1. The number of benzene rings is 1. The molecule has 0 aliphatic carbocycles. The van der Waals surface area contributed by atoms with Crippen LogP contribution in [0.25, 0.3) is 5.82 Å². The van der Waals surface area contributed by atoms with Crippen LogP contribution >= 0.6 is 0 Å². The molecule has 1 N–H and O–H groups in total. The van der Waals surface area contributed by atoms with E-state index in [0.717, 1.165) is 39.7 Å². The van der Waals surface area contributed by atoms with Crippen LogP contribution in [0.1, 0.15) is 33.8 Å². The second-order valence-corrected chi connectivity index (χ2v) is 6.81. The van der Waals surface area contributed by atoms with E-state index < -0.39 is 0 Å². The normalized spacial score (nSPS) is 11.2. The summed E-state index contributed by atoms with van der Waals surface area (Å²) in [5.74, 6) is 1.84. The number of ether oxygens (including phenoxy) is 1. The number of amides is 1. The van der Waals surface area contributed by atoms with Crippen molar-refractivity contribution in [3.05, 3.63) is 64.2 Å². The van der Waals surface area contributed by atoms with E-state index in [0.29, 0.717) is 5.75 Å². The topological polar surface area (TPSA) is 81.6 Å². The van der Waals surface area contributed by atoms with Gasteiger partial charge in [0.05, 0.1) is 6.21 Å². The van der Waals surface area contributed by atoms with E-state index in [9.17, 15) is 4.79 Å². The van der Waals surface area contributed by atoms with E-state index in [1.54, 1.807) is 6.21 Å². The summed E-state index contributed by atoms with van der Waals surface area (Å²) in [4.78, 5) is 12.0. The Balaban J connectivity index is 1.61. The molecule has 0 aliphatic rings. The number of aromatic nitrogens is 2. The Kier molecular flexibility index (Phi) is 5.63. The third-order valence-electron chi connectivity index (χ3n) is 4.41. The summed E-state index contributed by atoms with van der Waals surface area (Å²) in [6.07, 6.45) is 1.61. The van der Waals surface area contributed by atoms with Crippen molar-refractivity contribution < 1.29 is 14.1 Å². The second-order valence-electron chi connectivity index (χ2n) is 6.81. The predicted octanol–water partition coefficient (Wildman–Crippen LogP) is 3.54. The van der Waals surface area contributed by atoms with Crippen molar-refractivity contribution >= 4 is 12.1 Å². The lowest BCUT2D eigenvalue weighted by Gasteiger charge is -2.08. The summed E-state index contributed by atoms with van der Waals surface area (Å²) in [5.41, 5.74) is 7.40. The first kappa shape index (κ1) is 19.4. The van der Waals surface area contributed by atoms with Crippen LogP contribution in [0.5, 0.6) is 5.75 Å². The molecule has 0 bridgehead atoms. The third kappa shape index (κ3) is 4.31. The Hall–Kier alpha value is -3.35. The molecular formula is C21H24N4O3. The first-order chi connectivity index (χ1) is 13.3. The Morgan fingerprint density at radius 1 is 1.21 bits per heavy atom. The molecule has 7 heteroatoms. The molecule has 0 fully saturated rings. The molecule has 0 saturated carbocycles. The molecule has 2 heterocycles. The number of nitrogens with zero attached hydrogens (tertiary/aromatic N) is 3. The molecule has 1 aromatic carbocycles. The molecule has 0 aliphatic heterocycles. The van der Waals surface area contributed by atoms with Gasteiger partial charge in [-0.3, -0.25) is 9.36 Å². The highest BCUT2D eigenvalue weighted by atomic mass is 16.5. The summed E-state index contributed by atoms with van der Waals surface area (Å²) in [7, 11) is 0. The van der Waals surface area contributed by atoms with Crippen molar-refractivity contribution in [3.63, 3.8) is 0 Å². The van der Waals surface area contributed by atoms with Crippen molar-refractivity contribution in [2.24, 2.45) is 5.10 Å². The Labute approximate surface area is 164 Å². The Bertz CT molecular complexity index is 1030. The van der Waals surface area contributed by atoms with Gasteiger partial charge >= 0.3 is 0 Å². The van der Waals surface area contributed by atoms with Crippen molar-refractivity contribution in [2.45, 2.75) is 34.6 Å². The zero-order valence-corrected chi connectivity index (χ0v) is 16.7. The van der Waals surface area contributed by atoms with E-state index in [-0.39, 0.29) is 12.5 Å². The van der Waals surface area contributed by atoms with Crippen molar-refractivity contribution in [2.75, 3.05) is 6.61 Å². The van der Waals surface area contributed by atoms with Gasteiger partial charge in [0, 0.05) is 23.0 Å². The zero-order chi connectivity index (χ0) is 20.3. The number of hydrogen-bond donors (Lipinski definition) is 1. The van der Waals surface area contributed by atoms with Gasteiger partial charge in [-0.15, -0.1) is 0 Å². The van der Waals surface area contributed by atoms with Gasteiger partial charge in [0.1, 0.15) is 11.5 Å². The number of rotatable bonds is 6. The van der Waals surface area contributed by atoms with Crippen molar-refractivity contribution in [3.8, 4) is 11.6 Å². The van der Waals surface area contributed by atoms with Crippen molar-refractivity contribution in [1.29, 1.82) is 0 Å². The largest absolute Gasteiger partial charge is 0.483 e. The van der Waals surface area contributed by atoms with Gasteiger partial charge in [0.25, 0.3) is 5.91 Å². The fourth-order valence-electron chi connectivity index (χ4n) is 2.94. The van der Waals surface area contributed by atoms with Gasteiger partial charge < -0.3 is 9.26 Å². The number of hydrogen-bond acceptors (Lipinski definition) is 5. The van der Waals surface area contributed by atoms with Crippen LogP contribution in [0.4, 0.5) is 0 Å². The van der Waals surface area contributed by atoms with Gasteiger partial charge in [-0.2, -0.15) is 5.10 Å². The molecule has 0 spiro atoms. The number of hydrazone groups is 1. The minimum absolute atomic E-state index is 0.0983. The first-order valence-electron chi connectivity index (χ1n) is 8.99. The fraction of sp³-hybridized carbons (Fsp3) is 0.286. The molecule has 146 valence electrons. The fourth-order valence-corrected chi connectivity index (χ4v) is 2.94. The van der Waals surface area contributed by atoms with Crippen LogP contribution in [0, 0.1) is 34.6 Å². The molecule has 28 heavy (non-hydrogen) atoms. The highest BCUT2D eigenvalue weighted by Crippen LogP contribution is 2.20. The van der Waals surface area contributed by atoms with Gasteiger partial charge in [-0.25, -0.2) is 5.43 Å². The van der Waals surface area contributed by atoms with Crippen LogP contribution in [0.2, 0.25) is 0 Å². The van der Waals surface area contributed by atoms with Gasteiger partial charge in [0.15, 0.2) is 12.4 Å². The van der Waals surface area contributed by atoms with E-state index in [2.05, 4.69) is 15.7 Å². The predicted molar refractivity (Wildman–Crippen MR) is 107 cm³/mol. The second kappa shape index (κ2) is 8.12. The number of aryl methyl sites for hydroxylation is 4. The van der Waals surface area contributed by atoms with Crippen LogP contribution < -0.4 is 10.2 Å². The lowest BCUT2D eigenvalue weighted by molar-refractivity contribution is -0.123. The highest BCUT2D eigenvalue weighted by Gasteiger charge is 2.12. The molecule has 3 aromatic rings. The minimum atomic E-state index is -0.321. The average Bonchev–Trinajstić information content (AvgIpc) is 3.18. The summed E-state index contributed by atoms with van der Waals surface area (Å²) in [6, 6.07) is 9.72. The summed E-state index contributed by atoms with van der Waals surface area (Å²) < 4.78 is 12.7. The van der Waals surface area contributed by atoms with Crippen molar-refractivity contribution in [1.82, 2.24) is 15.1 Å². The number of carbonyl (C=O) groups excluding carboxylic acids is 1. The SMILES string of the molecule is Cc1ccc(C)c(OCC(=O)N/N=C/c2cc(C)n(-c3cc(C)on3)c2C)c1. The highest BCUT2D eigenvalue weighted by molar-refractivity contribution is 5.84. The van der Waals surface area contributed by atoms with Crippen LogP contribution in [0.15, 0.2) is 40.0 Å². The molecule has 3 rings (SSSR count). The molecule has 1 amide bonds. The van der Waals surface area contributed by atoms with Gasteiger partial charge in [0.2, 0.25) is 0 Å². The third-order valence-corrected chi connectivity index (χ3v) is 4.41. The van der Waals surface area contributed by atoms with E-state index in [4.69, 9.17) is 9.26 Å². The smallest absolute Gasteiger partial charge is 0.277 e. The molecule has 2 aromatic heterocycles. The summed E-state index contributed by atoms with van der Waals surface area (Å²) in [5, 5.41) is 8.10. The van der Waals surface area contributed by atoms with E-state index in [1.165, 1.54) is 0 Å². The molecular weight excluding hydrogens is 356 g/mol. The molecule has 0 saturated heterocycles. The zero-order valence-electron chi connectivity index (χ0n) is 16.7. The average molecular weight is 380 g/mol. The maximum Gasteiger partial charge on any atom is 0.277 e. The maximum absolute atomic E-state index is 12.0. The molecule has 0 atom stereocenters. The lowest BCUT2D eigenvalue weighted by Crippen LogP contribution is -2.24. The minimum Gasteiger partial charge on any atom is -0.483 e. The lowest BCUT2D eigenvalue weighted by atomic mass is 10.1. The standard InChI is InChI=1S/C21H24N4O3/c1-13-6-7-14(2)19(8-13)27-12-21(26)23-22-11-18-9-15(3)25(17(18)5)20-10-16(4)28-24-20/h6-11H,12H2,1-5H3,(H,23,26)/b22-11+. The molecule has 0 radical (unpaired) electrons. The first-order valence-corrected chi connectivity index (χ1v) is 8.99. The van der Waals surface area contributed by atoms with E-state index >= 15 is 0 Å². The summed E-state index contributed by atoms with van der Waals surface area (Å²) >= 11 is 0. The van der Waals surface area contributed by atoms with Crippen LogP contribution in [-0.2, 0) is 4.79 Å².